The maximum atomic E-state index is 13.0. The van der Waals surface area contributed by atoms with Crippen LogP contribution in [0.25, 0.3) is 0 Å². The van der Waals surface area contributed by atoms with Gasteiger partial charge in [-0.25, -0.2) is 8.42 Å². The van der Waals surface area contributed by atoms with Gasteiger partial charge in [0.2, 0.25) is 21.8 Å². The predicted octanol–water partition coefficient (Wildman–Crippen LogP) is 2.24. The van der Waals surface area contributed by atoms with Gasteiger partial charge in [-0.1, -0.05) is 0 Å². The van der Waals surface area contributed by atoms with Crippen LogP contribution in [0.5, 0.6) is 11.5 Å². The average molecular weight is 448 g/mol. The van der Waals surface area contributed by atoms with Crippen LogP contribution < -0.4 is 20.1 Å². The molecule has 166 valence electrons. The number of methoxy groups -OCH3 is 2. The number of nitrogens with zero attached hydrogens (tertiary/aromatic N) is 1. The summed E-state index contributed by atoms with van der Waals surface area (Å²) < 4.78 is 37.3. The molecule has 0 atom stereocenters. The summed E-state index contributed by atoms with van der Waals surface area (Å²) in [5, 5.41) is 5.43. The van der Waals surface area contributed by atoms with Crippen molar-refractivity contribution in [3.8, 4) is 11.5 Å². The highest BCUT2D eigenvalue weighted by Gasteiger charge is 2.25. The van der Waals surface area contributed by atoms with E-state index in [0.29, 0.717) is 42.1 Å². The van der Waals surface area contributed by atoms with Crippen molar-refractivity contribution in [1.82, 2.24) is 4.31 Å². The lowest BCUT2D eigenvalue weighted by molar-refractivity contribution is -0.117. The summed E-state index contributed by atoms with van der Waals surface area (Å²) in [6.45, 7) is -0.384. The number of anilines is 2. The molecule has 0 radical (unpaired) electrons. The number of amides is 2. The molecule has 0 spiro atoms. The van der Waals surface area contributed by atoms with Crippen molar-refractivity contribution in [2.45, 2.75) is 24.2 Å². The van der Waals surface area contributed by atoms with Crippen LogP contribution in [0.1, 0.15) is 18.4 Å². The van der Waals surface area contributed by atoms with Gasteiger partial charge in [0.1, 0.15) is 11.5 Å². The monoisotopic (exact) mass is 447 g/mol. The van der Waals surface area contributed by atoms with Crippen molar-refractivity contribution in [3.63, 3.8) is 0 Å². The van der Waals surface area contributed by atoms with Gasteiger partial charge in [-0.2, -0.15) is 4.31 Å². The van der Waals surface area contributed by atoms with Gasteiger partial charge >= 0.3 is 0 Å². The fourth-order valence-corrected chi connectivity index (χ4v) is 4.45. The first kappa shape index (κ1) is 22.6. The second-order valence-corrected chi connectivity index (χ2v) is 9.14. The second-order valence-electron chi connectivity index (χ2n) is 7.10. The Morgan fingerprint density at radius 1 is 1.13 bits per heavy atom. The van der Waals surface area contributed by atoms with Crippen molar-refractivity contribution in [2.75, 3.05) is 38.4 Å². The van der Waals surface area contributed by atoms with Crippen LogP contribution >= 0.6 is 0 Å². The molecule has 9 nitrogen and oxygen atoms in total. The van der Waals surface area contributed by atoms with Gasteiger partial charge in [0.15, 0.2) is 0 Å². The van der Waals surface area contributed by atoms with Crippen LogP contribution in [0, 0.1) is 0 Å². The molecule has 2 N–H and O–H groups in total. The average Bonchev–Trinajstić information content (AvgIpc) is 2.93. The largest absolute Gasteiger partial charge is 0.497 e. The molecule has 1 heterocycles. The number of aryl methyl sites for hydroxylation is 1. The maximum absolute atomic E-state index is 13.0. The Bertz CT molecular complexity index is 1100. The van der Waals surface area contributed by atoms with E-state index in [2.05, 4.69) is 10.6 Å². The van der Waals surface area contributed by atoms with Crippen LogP contribution in [0.4, 0.5) is 11.4 Å². The SMILES string of the molecule is COc1ccc(NC(=O)CN(C)S(=O)(=O)c2ccc3c(c2)CCCC(=O)N3)c(OC)c1. The number of benzene rings is 2. The zero-order valence-electron chi connectivity index (χ0n) is 17.6. The van der Waals surface area contributed by atoms with Crippen LogP contribution in [0.3, 0.4) is 0 Å². The molecule has 0 fully saturated rings. The Morgan fingerprint density at radius 3 is 2.61 bits per heavy atom. The lowest BCUT2D eigenvalue weighted by Gasteiger charge is -2.19. The lowest BCUT2D eigenvalue weighted by atomic mass is 10.1. The number of sulfonamides is 1. The van der Waals surface area contributed by atoms with Crippen molar-refractivity contribution >= 4 is 33.2 Å². The molecule has 1 aliphatic rings. The van der Waals surface area contributed by atoms with Crippen molar-refractivity contribution in [3.05, 3.63) is 42.0 Å². The van der Waals surface area contributed by atoms with Gasteiger partial charge in [-0.15, -0.1) is 0 Å². The summed E-state index contributed by atoms with van der Waals surface area (Å²) in [6.07, 6.45) is 1.63. The van der Waals surface area contributed by atoms with E-state index in [1.165, 1.54) is 27.3 Å². The number of hydrogen-bond donors (Lipinski definition) is 2. The Morgan fingerprint density at radius 2 is 1.90 bits per heavy atom. The van der Waals surface area contributed by atoms with Crippen LogP contribution in [-0.4, -0.2) is 52.3 Å². The highest BCUT2D eigenvalue weighted by molar-refractivity contribution is 7.89. The standard InChI is InChI=1S/C21H25N3O6S/c1-24(13-21(26)23-18-9-7-15(29-2)12-19(18)30-3)31(27,28)16-8-10-17-14(11-16)5-4-6-20(25)22-17/h7-12H,4-6,13H2,1-3H3,(H,22,25)(H,23,26). The van der Waals surface area contributed by atoms with E-state index in [4.69, 9.17) is 9.47 Å². The fourth-order valence-electron chi connectivity index (χ4n) is 3.27. The highest BCUT2D eigenvalue weighted by atomic mass is 32.2. The second kappa shape index (κ2) is 9.36. The van der Waals surface area contributed by atoms with Gasteiger partial charge in [-0.05, 0) is 48.7 Å². The quantitative estimate of drug-likeness (QED) is 0.673. The van der Waals surface area contributed by atoms with Crippen molar-refractivity contribution in [1.29, 1.82) is 0 Å². The third-order valence-corrected chi connectivity index (χ3v) is 6.76. The van der Waals surface area contributed by atoms with E-state index in [0.717, 1.165) is 9.87 Å². The topological polar surface area (TPSA) is 114 Å². The molecule has 0 saturated heterocycles. The molecule has 0 saturated carbocycles. The molecule has 0 aliphatic carbocycles. The fraction of sp³-hybridized carbons (Fsp3) is 0.333. The minimum absolute atomic E-state index is 0.0692. The number of ether oxygens (including phenoxy) is 2. The first-order chi connectivity index (χ1) is 14.7. The van der Waals surface area contributed by atoms with E-state index >= 15 is 0 Å². The van der Waals surface area contributed by atoms with Crippen LogP contribution in [0.15, 0.2) is 41.3 Å². The molecule has 0 aromatic heterocycles. The van der Waals surface area contributed by atoms with Crippen LogP contribution in [0.2, 0.25) is 0 Å². The van der Waals surface area contributed by atoms with Gasteiger partial charge in [0, 0.05) is 25.2 Å². The number of hydrogen-bond acceptors (Lipinski definition) is 6. The summed E-state index contributed by atoms with van der Waals surface area (Å²) >= 11 is 0. The van der Waals surface area contributed by atoms with Crippen molar-refractivity contribution in [2.24, 2.45) is 0 Å². The summed E-state index contributed by atoms with van der Waals surface area (Å²) in [7, 11) is 0.415. The molecule has 1 aliphatic heterocycles. The molecule has 31 heavy (non-hydrogen) atoms. The number of rotatable bonds is 7. The van der Waals surface area contributed by atoms with Gasteiger partial charge in [0.25, 0.3) is 0 Å². The van der Waals surface area contributed by atoms with Crippen LogP contribution in [-0.2, 0) is 26.0 Å². The van der Waals surface area contributed by atoms with Crippen molar-refractivity contribution < 1.29 is 27.5 Å². The van der Waals surface area contributed by atoms with E-state index in [1.54, 1.807) is 30.3 Å². The number of nitrogens with one attached hydrogen (secondary N) is 2. The zero-order valence-corrected chi connectivity index (χ0v) is 18.4. The Kier molecular flexibility index (Phi) is 6.81. The summed E-state index contributed by atoms with van der Waals surface area (Å²) in [6, 6.07) is 9.46. The van der Waals surface area contributed by atoms with Gasteiger partial charge in [0.05, 0.1) is 31.3 Å². The molecule has 0 unspecified atom stereocenters. The smallest absolute Gasteiger partial charge is 0.243 e. The van der Waals surface area contributed by atoms with Gasteiger partial charge < -0.3 is 20.1 Å². The first-order valence-electron chi connectivity index (χ1n) is 9.65. The molecule has 2 amide bonds. The van der Waals surface area contributed by atoms with E-state index < -0.39 is 15.9 Å². The molecular formula is C21H25N3O6S. The Labute approximate surface area is 181 Å². The predicted molar refractivity (Wildman–Crippen MR) is 116 cm³/mol. The number of carbonyl (C=O) groups is 2. The normalized spacial score (nSPS) is 13.7. The summed E-state index contributed by atoms with van der Waals surface area (Å²) in [5.74, 6) is 0.355. The molecule has 0 bridgehead atoms. The minimum atomic E-state index is -3.90. The van der Waals surface area contributed by atoms with E-state index in [9.17, 15) is 18.0 Å². The number of carbonyl (C=O) groups excluding carboxylic acids is 2. The molecule has 10 heteroatoms. The first-order valence-corrected chi connectivity index (χ1v) is 11.1. The summed E-state index contributed by atoms with van der Waals surface area (Å²) in [4.78, 5) is 24.2. The molecule has 3 rings (SSSR count). The third kappa shape index (κ3) is 5.15. The minimum Gasteiger partial charge on any atom is -0.497 e. The zero-order chi connectivity index (χ0) is 22.6. The lowest BCUT2D eigenvalue weighted by Crippen LogP contribution is -2.35. The van der Waals surface area contributed by atoms with E-state index in [-0.39, 0.29) is 17.3 Å². The Balaban J connectivity index is 1.74. The maximum Gasteiger partial charge on any atom is 0.243 e. The number of fused-ring (bicyclic) bond motifs is 1. The third-order valence-electron chi connectivity index (χ3n) is 4.96. The van der Waals surface area contributed by atoms with Gasteiger partial charge in [-0.3, -0.25) is 9.59 Å². The number of likely N-dealkylation sites (N-methyl/N-ethyl adjacent to an activating group) is 1. The van der Waals surface area contributed by atoms with E-state index in [1.807, 2.05) is 0 Å². The molecule has 2 aromatic carbocycles. The molecule has 2 aromatic rings. The Hall–Kier alpha value is -3.11. The molecular weight excluding hydrogens is 422 g/mol. The summed E-state index contributed by atoms with van der Waals surface area (Å²) in [5.41, 5.74) is 1.78. The highest BCUT2D eigenvalue weighted by Crippen LogP contribution is 2.29.